The first kappa shape index (κ1) is 30.4. The van der Waals surface area contributed by atoms with Gasteiger partial charge in [-0.05, 0) is 73.0 Å². The molecule has 0 amide bonds. The fourth-order valence-corrected chi connectivity index (χ4v) is 7.16. The van der Waals surface area contributed by atoms with Crippen LogP contribution in [0.15, 0.2) is 66.7 Å². The van der Waals surface area contributed by atoms with Crippen molar-refractivity contribution in [3.63, 3.8) is 0 Å². The highest BCUT2D eigenvalue weighted by Crippen LogP contribution is 2.47. The molecule has 1 aliphatic carbocycles. The van der Waals surface area contributed by atoms with Crippen molar-refractivity contribution in [1.82, 2.24) is 14.4 Å². The number of rotatable bonds is 10. The number of likely N-dealkylation sites (N-methyl/N-ethyl adjacent to an activating group) is 1. The summed E-state index contributed by atoms with van der Waals surface area (Å²) < 4.78 is 24.3. The molecule has 2 aliphatic rings. The van der Waals surface area contributed by atoms with Gasteiger partial charge in [-0.15, -0.1) is 0 Å². The summed E-state index contributed by atoms with van der Waals surface area (Å²) in [6, 6.07) is 21.9. The van der Waals surface area contributed by atoms with Crippen LogP contribution < -0.4 is 4.74 Å². The number of aromatic carboxylic acids is 1. The molecule has 1 aromatic heterocycles. The van der Waals surface area contributed by atoms with Crippen LogP contribution in [0.4, 0.5) is 4.39 Å². The average molecular weight is 598 g/mol. The normalized spacial score (nSPS) is 18.9. The standard InChI is InChI=1S/C37H44FN3O3/c1-3-39(4-2)18-19-40-20-21-41-34-23-27(37(42)43)14-16-32(34)35(31-12-8-9-13-33(31)38)36(41)30-17-15-29(22-28(30)24-40)44-25-26-10-6-5-7-11-26/h5-7,10-11,14-17,22-23,31,33H,3-4,8-9,12-13,18-21,24-25H2,1-2H3,(H,42,43)/t31-,33-/m0/s1. The Labute approximate surface area is 260 Å². The number of carbonyl (C=O) groups is 1. The number of alkyl halides is 1. The SMILES string of the molecule is CCN(CC)CCN1CCn2c(c([C@H]3CCCC[C@@H]3F)c3ccc(C(=O)O)cc32)-c2ccc(OCc3ccccc3)cc2C1. The van der Waals surface area contributed by atoms with Gasteiger partial charge in [0.05, 0.1) is 11.3 Å². The van der Waals surface area contributed by atoms with E-state index in [-0.39, 0.29) is 11.5 Å². The number of benzene rings is 3. The van der Waals surface area contributed by atoms with Crippen molar-refractivity contribution in [3.8, 4) is 17.0 Å². The van der Waals surface area contributed by atoms with Gasteiger partial charge in [-0.25, -0.2) is 9.18 Å². The Morgan fingerprint density at radius 1 is 1.00 bits per heavy atom. The van der Waals surface area contributed by atoms with Gasteiger partial charge in [0.1, 0.15) is 18.5 Å². The second-order valence-corrected chi connectivity index (χ2v) is 12.3. The Bertz CT molecular complexity index is 1600. The number of fused-ring (bicyclic) bond motifs is 5. The maximum absolute atomic E-state index is 15.8. The first-order chi connectivity index (χ1) is 21.5. The number of halogens is 1. The van der Waals surface area contributed by atoms with E-state index in [0.29, 0.717) is 19.6 Å². The second-order valence-electron chi connectivity index (χ2n) is 12.3. The van der Waals surface area contributed by atoms with E-state index in [1.54, 1.807) is 12.1 Å². The molecule has 1 saturated carbocycles. The molecule has 7 heteroatoms. The molecule has 0 unspecified atom stereocenters. The topological polar surface area (TPSA) is 57.9 Å². The molecule has 0 radical (unpaired) electrons. The van der Waals surface area contributed by atoms with Gasteiger partial charge in [0.25, 0.3) is 0 Å². The van der Waals surface area contributed by atoms with E-state index in [9.17, 15) is 9.90 Å². The monoisotopic (exact) mass is 597 g/mol. The lowest BCUT2D eigenvalue weighted by atomic mass is 9.80. The van der Waals surface area contributed by atoms with Crippen LogP contribution in [-0.2, 0) is 19.7 Å². The largest absolute Gasteiger partial charge is 0.489 e. The molecule has 4 aromatic rings. The van der Waals surface area contributed by atoms with Crippen molar-refractivity contribution in [2.75, 3.05) is 32.7 Å². The number of carboxylic acids is 1. The van der Waals surface area contributed by atoms with Gasteiger partial charge in [-0.1, -0.05) is 63.1 Å². The van der Waals surface area contributed by atoms with Crippen LogP contribution in [0.5, 0.6) is 5.75 Å². The van der Waals surface area contributed by atoms with Crippen LogP contribution >= 0.6 is 0 Å². The lowest BCUT2D eigenvalue weighted by Gasteiger charge is -2.32. The lowest BCUT2D eigenvalue weighted by molar-refractivity contribution is 0.0697. The smallest absolute Gasteiger partial charge is 0.335 e. The zero-order chi connectivity index (χ0) is 30.6. The van der Waals surface area contributed by atoms with E-state index in [1.807, 2.05) is 30.3 Å². The molecular weight excluding hydrogens is 553 g/mol. The van der Waals surface area contributed by atoms with Crippen molar-refractivity contribution < 1.29 is 19.0 Å². The molecule has 3 aromatic carbocycles. The van der Waals surface area contributed by atoms with Crippen LogP contribution in [0, 0.1) is 0 Å². The third-order valence-electron chi connectivity index (χ3n) is 9.64. The number of carboxylic acid groups (broad SMARTS) is 1. The Kier molecular flexibility index (Phi) is 9.33. The van der Waals surface area contributed by atoms with E-state index in [2.05, 4.69) is 52.5 Å². The molecule has 232 valence electrons. The summed E-state index contributed by atoms with van der Waals surface area (Å²) >= 11 is 0. The highest BCUT2D eigenvalue weighted by molar-refractivity contribution is 5.98. The molecule has 1 aliphatic heterocycles. The number of hydrogen-bond acceptors (Lipinski definition) is 4. The van der Waals surface area contributed by atoms with Gasteiger partial charge in [-0.2, -0.15) is 0 Å². The lowest BCUT2D eigenvalue weighted by Crippen LogP contribution is -2.37. The Hall–Kier alpha value is -3.68. The van der Waals surface area contributed by atoms with Gasteiger partial charge in [-0.3, -0.25) is 4.90 Å². The molecule has 1 N–H and O–H groups in total. The van der Waals surface area contributed by atoms with E-state index in [1.165, 1.54) is 0 Å². The summed E-state index contributed by atoms with van der Waals surface area (Å²) in [7, 11) is 0. The van der Waals surface area contributed by atoms with Crippen molar-refractivity contribution >= 4 is 16.9 Å². The van der Waals surface area contributed by atoms with Crippen LogP contribution in [-0.4, -0.2) is 64.3 Å². The molecule has 6 nitrogen and oxygen atoms in total. The summed E-state index contributed by atoms with van der Waals surface area (Å²) in [6.45, 7) is 11.1. The number of aromatic nitrogens is 1. The minimum Gasteiger partial charge on any atom is -0.489 e. The Morgan fingerprint density at radius 2 is 1.80 bits per heavy atom. The third kappa shape index (κ3) is 6.26. The molecular formula is C37H44FN3O3. The summed E-state index contributed by atoms with van der Waals surface area (Å²) in [5, 5.41) is 10.9. The number of nitrogens with zero attached hydrogens (tertiary/aromatic N) is 3. The Morgan fingerprint density at radius 3 is 2.55 bits per heavy atom. The zero-order valence-electron chi connectivity index (χ0n) is 26.0. The second kappa shape index (κ2) is 13.5. The minimum atomic E-state index is -0.947. The summed E-state index contributed by atoms with van der Waals surface area (Å²) in [5.41, 5.74) is 6.59. The summed E-state index contributed by atoms with van der Waals surface area (Å²) in [4.78, 5) is 17.0. The highest BCUT2D eigenvalue weighted by Gasteiger charge is 2.34. The van der Waals surface area contributed by atoms with Crippen LogP contribution in [0.1, 0.15) is 72.5 Å². The number of hydrogen-bond donors (Lipinski definition) is 1. The summed E-state index contributed by atoms with van der Waals surface area (Å²) in [5.74, 6) is -0.342. The maximum atomic E-state index is 15.8. The highest BCUT2D eigenvalue weighted by atomic mass is 19.1. The fourth-order valence-electron chi connectivity index (χ4n) is 7.16. The molecule has 44 heavy (non-hydrogen) atoms. The molecule has 1 fully saturated rings. The van der Waals surface area contributed by atoms with Gasteiger partial charge in [0.2, 0.25) is 0 Å². The first-order valence-electron chi connectivity index (χ1n) is 16.2. The maximum Gasteiger partial charge on any atom is 0.335 e. The molecule has 0 spiro atoms. The Balaban J connectivity index is 1.48. The van der Waals surface area contributed by atoms with Gasteiger partial charge >= 0.3 is 5.97 Å². The quantitative estimate of drug-likeness (QED) is 0.203. The molecule has 6 rings (SSSR count). The van der Waals surface area contributed by atoms with Gasteiger partial charge in [0, 0.05) is 55.1 Å². The van der Waals surface area contributed by atoms with E-state index in [0.717, 1.165) is 103 Å². The van der Waals surface area contributed by atoms with E-state index >= 15 is 4.39 Å². The van der Waals surface area contributed by atoms with Crippen molar-refractivity contribution in [3.05, 3.63) is 89.0 Å². The van der Waals surface area contributed by atoms with E-state index < -0.39 is 12.1 Å². The molecule has 2 atom stereocenters. The minimum absolute atomic E-state index is 0.210. The zero-order valence-corrected chi connectivity index (χ0v) is 26.0. The summed E-state index contributed by atoms with van der Waals surface area (Å²) in [6.07, 6.45) is 2.38. The van der Waals surface area contributed by atoms with Crippen molar-refractivity contribution in [1.29, 1.82) is 0 Å². The fraction of sp³-hybridized carbons (Fsp3) is 0.432. The predicted octanol–water partition coefficient (Wildman–Crippen LogP) is 7.74. The van der Waals surface area contributed by atoms with E-state index in [4.69, 9.17) is 4.74 Å². The average Bonchev–Trinajstić information content (AvgIpc) is 3.35. The molecule has 0 saturated heterocycles. The van der Waals surface area contributed by atoms with Crippen LogP contribution in [0.25, 0.3) is 22.2 Å². The molecule has 0 bridgehead atoms. The van der Waals surface area contributed by atoms with Crippen LogP contribution in [0.2, 0.25) is 0 Å². The molecule has 2 heterocycles. The first-order valence-corrected chi connectivity index (χ1v) is 16.2. The van der Waals surface area contributed by atoms with Gasteiger partial charge in [0.15, 0.2) is 0 Å². The van der Waals surface area contributed by atoms with Crippen molar-refractivity contribution in [2.24, 2.45) is 0 Å². The predicted molar refractivity (Wildman–Crippen MR) is 174 cm³/mol. The van der Waals surface area contributed by atoms with Gasteiger partial charge < -0.3 is 19.3 Å². The number of ether oxygens (including phenoxy) is 1. The van der Waals surface area contributed by atoms with Crippen LogP contribution in [0.3, 0.4) is 0 Å². The third-order valence-corrected chi connectivity index (χ3v) is 9.64. The van der Waals surface area contributed by atoms with Crippen molar-refractivity contribution in [2.45, 2.75) is 71.3 Å².